The van der Waals surface area contributed by atoms with E-state index in [0.29, 0.717) is 17.0 Å². The van der Waals surface area contributed by atoms with Crippen LogP contribution >= 0.6 is 0 Å². The van der Waals surface area contributed by atoms with Crippen molar-refractivity contribution in [1.29, 1.82) is 0 Å². The Hall–Kier alpha value is -4.49. The van der Waals surface area contributed by atoms with E-state index < -0.39 is 0 Å². The van der Waals surface area contributed by atoms with Crippen LogP contribution in [0.4, 0.5) is 0 Å². The summed E-state index contributed by atoms with van der Waals surface area (Å²) >= 11 is 0. The molecule has 1 saturated heterocycles. The monoisotopic (exact) mass is 517 g/mol. The summed E-state index contributed by atoms with van der Waals surface area (Å²) in [6, 6.07) is 32.1. The maximum absolute atomic E-state index is 13.7. The van der Waals surface area contributed by atoms with Crippen LogP contribution in [0.3, 0.4) is 0 Å². The van der Waals surface area contributed by atoms with Crippen LogP contribution in [0, 0.1) is 0 Å². The molecule has 7 nitrogen and oxygen atoms in total. The van der Waals surface area contributed by atoms with Crippen LogP contribution in [0.15, 0.2) is 97.1 Å². The van der Waals surface area contributed by atoms with Gasteiger partial charge in [0.1, 0.15) is 11.4 Å². The summed E-state index contributed by atoms with van der Waals surface area (Å²) in [6.45, 7) is 2.83. The lowest BCUT2D eigenvalue weighted by Gasteiger charge is -2.32. The van der Waals surface area contributed by atoms with Gasteiger partial charge < -0.3 is 10.1 Å². The lowest BCUT2D eigenvalue weighted by atomic mass is 10.0. The molecule has 7 heteroatoms. The number of hydrogen-bond acceptors (Lipinski definition) is 5. The van der Waals surface area contributed by atoms with Gasteiger partial charge in [-0.1, -0.05) is 60.7 Å². The maximum Gasteiger partial charge on any atom is 0.270 e. The summed E-state index contributed by atoms with van der Waals surface area (Å²) < 4.78 is 6.97. The number of nitrogens with one attached hydrogen (secondary N) is 1. The minimum absolute atomic E-state index is 0.112. The summed E-state index contributed by atoms with van der Waals surface area (Å²) in [5.74, 6) is 0.633. The van der Waals surface area contributed by atoms with Gasteiger partial charge in [0.25, 0.3) is 5.91 Å². The molecule has 0 saturated carbocycles. The van der Waals surface area contributed by atoms with E-state index in [1.54, 1.807) is 11.6 Å². The fraction of sp³-hybridized carbons (Fsp3) is 0.219. The molecule has 3 aromatic carbocycles. The van der Waals surface area contributed by atoms with Crippen LogP contribution < -0.4 is 10.1 Å². The molecule has 0 bridgehead atoms. The predicted molar refractivity (Wildman–Crippen MR) is 153 cm³/mol. The summed E-state index contributed by atoms with van der Waals surface area (Å²) in [7, 11) is 1.64. The Balaban J connectivity index is 1.26. The SMILES string of the molecule is COc1ccc(-c2cc(C(=O)NC3CCN(Cc4ccccc4)CC3)n3nc(-c4ccccc4)cc3n2)cc1. The lowest BCUT2D eigenvalue weighted by Crippen LogP contribution is -2.44. The highest BCUT2D eigenvalue weighted by Crippen LogP contribution is 2.26. The van der Waals surface area contributed by atoms with Crippen molar-refractivity contribution in [2.75, 3.05) is 20.2 Å². The summed E-state index contributed by atoms with van der Waals surface area (Å²) in [4.78, 5) is 21.0. The number of likely N-dealkylation sites (tertiary alicyclic amines) is 1. The van der Waals surface area contributed by atoms with Crippen molar-refractivity contribution < 1.29 is 9.53 Å². The van der Waals surface area contributed by atoms with E-state index in [1.165, 1.54) is 5.56 Å². The van der Waals surface area contributed by atoms with Crippen molar-refractivity contribution in [2.24, 2.45) is 0 Å². The largest absolute Gasteiger partial charge is 0.497 e. The first-order valence-corrected chi connectivity index (χ1v) is 13.3. The normalized spacial score (nSPS) is 14.4. The highest BCUT2D eigenvalue weighted by Gasteiger charge is 2.24. The van der Waals surface area contributed by atoms with Crippen LogP contribution in [-0.4, -0.2) is 51.6 Å². The third-order valence-electron chi connectivity index (χ3n) is 7.29. The number of amides is 1. The molecule has 39 heavy (non-hydrogen) atoms. The summed E-state index contributed by atoms with van der Waals surface area (Å²) in [6.07, 6.45) is 1.82. The predicted octanol–water partition coefficient (Wildman–Crippen LogP) is 5.47. The number of aromatic nitrogens is 3. The number of rotatable bonds is 7. The van der Waals surface area contributed by atoms with E-state index in [2.05, 4.69) is 34.5 Å². The van der Waals surface area contributed by atoms with Crippen molar-refractivity contribution in [3.63, 3.8) is 0 Å². The molecule has 1 aliphatic rings. The molecule has 0 atom stereocenters. The van der Waals surface area contributed by atoms with Crippen LogP contribution in [0.2, 0.25) is 0 Å². The lowest BCUT2D eigenvalue weighted by molar-refractivity contribution is 0.0901. The number of carbonyl (C=O) groups excluding carboxylic acids is 1. The average Bonchev–Trinajstić information content (AvgIpc) is 3.43. The van der Waals surface area contributed by atoms with Gasteiger partial charge in [-0.15, -0.1) is 0 Å². The molecule has 0 spiro atoms. The highest BCUT2D eigenvalue weighted by molar-refractivity contribution is 5.94. The van der Waals surface area contributed by atoms with Crippen LogP contribution in [0.1, 0.15) is 28.9 Å². The zero-order valence-electron chi connectivity index (χ0n) is 22.0. The fourth-order valence-electron chi connectivity index (χ4n) is 5.13. The van der Waals surface area contributed by atoms with E-state index in [0.717, 1.165) is 55.0 Å². The van der Waals surface area contributed by atoms with Crippen LogP contribution in [0.5, 0.6) is 5.75 Å². The number of carbonyl (C=O) groups is 1. The second-order valence-corrected chi connectivity index (χ2v) is 9.93. The molecular weight excluding hydrogens is 486 g/mol. The first-order chi connectivity index (χ1) is 19.2. The maximum atomic E-state index is 13.7. The molecule has 0 radical (unpaired) electrons. The Bertz CT molecular complexity index is 1560. The van der Waals surface area contributed by atoms with Gasteiger partial charge in [0.15, 0.2) is 5.65 Å². The fourth-order valence-corrected chi connectivity index (χ4v) is 5.13. The summed E-state index contributed by atoms with van der Waals surface area (Å²) in [5.41, 5.74) is 5.80. The molecule has 1 amide bonds. The number of methoxy groups -OCH3 is 1. The van der Waals surface area contributed by atoms with E-state index in [4.69, 9.17) is 14.8 Å². The van der Waals surface area contributed by atoms with Crippen LogP contribution in [-0.2, 0) is 6.54 Å². The second-order valence-electron chi connectivity index (χ2n) is 9.93. The number of nitrogens with zero attached hydrogens (tertiary/aromatic N) is 4. The molecule has 1 N–H and O–H groups in total. The number of piperidine rings is 1. The minimum Gasteiger partial charge on any atom is -0.497 e. The van der Waals surface area contributed by atoms with Crippen LogP contribution in [0.25, 0.3) is 28.2 Å². The Labute approximate surface area is 228 Å². The van der Waals surface area contributed by atoms with Gasteiger partial charge in [-0.3, -0.25) is 9.69 Å². The van der Waals surface area contributed by atoms with Gasteiger partial charge in [-0.25, -0.2) is 9.50 Å². The van der Waals surface area contributed by atoms with Gasteiger partial charge >= 0.3 is 0 Å². The van der Waals surface area contributed by atoms with Gasteiger partial charge in [0, 0.05) is 42.9 Å². The van der Waals surface area contributed by atoms with Gasteiger partial charge in [0.2, 0.25) is 0 Å². The minimum atomic E-state index is -0.138. The number of fused-ring (bicyclic) bond motifs is 1. The molecule has 0 aliphatic carbocycles. The first-order valence-electron chi connectivity index (χ1n) is 13.3. The zero-order chi connectivity index (χ0) is 26.6. The topological polar surface area (TPSA) is 71.8 Å². The standard InChI is InChI=1S/C32H31N5O2/c1-39-27-14-12-25(13-15-27)28-20-30(37-31(34-28)21-29(35-37)24-10-6-3-7-11-24)32(38)33-26-16-18-36(19-17-26)22-23-8-4-2-5-9-23/h2-15,20-21,26H,16-19,22H2,1H3,(H,33,38). The van der Waals surface area contributed by atoms with Gasteiger partial charge in [0.05, 0.1) is 18.5 Å². The van der Waals surface area contributed by atoms with Gasteiger partial charge in [-0.2, -0.15) is 5.10 Å². The molecule has 196 valence electrons. The van der Waals surface area contributed by atoms with Crippen molar-refractivity contribution in [1.82, 2.24) is 24.8 Å². The first kappa shape index (κ1) is 24.8. The number of benzene rings is 3. The van der Waals surface area contributed by atoms with E-state index in [-0.39, 0.29) is 11.9 Å². The van der Waals surface area contributed by atoms with Gasteiger partial charge in [-0.05, 0) is 48.7 Å². The Morgan fingerprint density at radius 2 is 1.54 bits per heavy atom. The molecule has 3 heterocycles. The highest BCUT2D eigenvalue weighted by atomic mass is 16.5. The molecule has 5 aromatic rings. The van der Waals surface area contributed by atoms with Crippen molar-refractivity contribution in [2.45, 2.75) is 25.4 Å². The molecule has 6 rings (SSSR count). The molecule has 1 fully saturated rings. The van der Waals surface area contributed by atoms with E-state index in [9.17, 15) is 4.79 Å². The number of hydrogen-bond donors (Lipinski definition) is 1. The Morgan fingerprint density at radius 3 is 2.23 bits per heavy atom. The third kappa shape index (κ3) is 5.54. The van der Waals surface area contributed by atoms with Crippen molar-refractivity contribution in [3.8, 4) is 28.3 Å². The van der Waals surface area contributed by atoms with E-state index in [1.807, 2.05) is 72.8 Å². The molecule has 1 aliphatic heterocycles. The third-order valence-corrected chi connectivity index (χ3v) is 7.29. The van der Waals surface area contributed by atoms with Crippen molar-refractivity contribution >= 4 is 11.6 Å². The van der Waals surface area contributed by atoms with E-state index >= 15 is 0 Å². The molecule has 2 aromatic heterocycles. The Morgan fingerprint density at radius 1 is 0.872 bits per heavy atom. The molecule has 0 unspecified atom stereocenters. The Kier molecular flexibility index (Phi) is 7.06. The number of ether oxygens (including phenoxy) is 1. The summed E-state index contributed by atoms with van der Waals surface area (Å²) in [5, 5.41) is 8.07. The molecular formula is C32H31N5O2. The quantitative estimate of drug-likeness (QED) is 0.310. The second kappa shape index (κ2) is 11.1. The smallest absolute Gasteiger partial charge is 0.270 e. The zero-order valence-corrected chi connectivity index (χ0v) is 22.0. The average molecular weight is 518 g/mol. The van der Waals surface area contributed by atoms with Crippen molar-refractivity contribution in [3.05, 3.63) is 108 Å².